The van der Waals surface area contributed by atoms with E-state index in [1.807, 2.05) is 0 Å². The number of hydrogen-bond acceptors (Lipinski definition) is 7. The summed E-state index contributed by atoms with van der Waals surface area (Å²) in [4.78, 5) is 18.1. The number of fused-ring (bicyclic) bond motifs is 1. The number of nitrogens with zero attached hydrogens (tertiary/aromatic N) is 2. The van der Waals surface area contributed by atoms with Crippen LogP contribution in [0.3, 0.4) is 0 Å². The summed E-state index contributed by atoms with van der Waals surface area (Å²) in [6, 6.07) is 14.9. The Morgan fingerprint density at radius 1 is 1.10 bits per heavy atom. The van der Waals surface area contributed by atoms with Crippen molar-refractivity contribution < 1.29 is 9.90 Å². The van der Waals surface area contributed by atoms with Gasteiger partial charge in [0.25, 0.3) is 0 Å². The second-order valence-corrected chi connectivity index (χ2v) is 7.70. The van der Waals surface area contributed by atoms with E-state index < -0.39 is 0 Å². The molecule has 0 saturated carbocycles. The zero-order valence-corrected chi connectivity index (χ0v) is 16.4. The van der Waals surface area contributed by atoms with Crippen molar-refractivity contribution in [3.63, 3.8) is 0 Å². The number of aromatic nitrogens is 1. The molecule has 0 unspecified atom stereocenters. The molecule has 0 atom stereocenters. The molecule has 0 aliphatic heterocycles. The standard InChI is InChI=1S/C21H13ClN4O2S/c22-12-5-1-11(2-6-12)18(28)19-17(24)16-15(10-3-7-13(27)8-4-10)14(9-23)20(25)26-21(16)29-19/h1-8,27H,24H2,(H2,25,26). The number of ketones is 1. The van der Waals surface area contributed by atoms with Gasteiger partial charge in [-0.25, -0.2) is 4.98 Å². The molecule has 4 rings (SSSR count). The van der Waals surface area contributed by atoms with Crippen molar-refractivity contribution in [2.45, 2.75) is 0 Å². The predicted molar refractivity (Wildman–Crippen MR) is 115 cm³/mol. The van der Waals surface area contributed by atoms with Gasteiger partial charge in [0.2, 0.25) is 5.78 Å². The molecule has 0 bridgehead atoms. The first-order chi connectivity index (χ1) is 13.9. The SMILES string of the molecule is N#Cc1c(N)nc2sc(C(=O)c3ccc(Cl)cc3)c(N)c2c1-c1ccc(O)cc1. The highest BCUT2D eigenvalue weighted by Crippen LogP contribution is 2.43. The monoisotopic (exact) mass is 420 g/mol. The summed E-state index contributed by atoms with van der Waals surface area (Å²) in [5.41, 5.74) is 14.3. The van der Waals surface area contributed by atoms with Crippen LogP contribution in [0.15, 0.2) is 48.5 Å². The average Bonchev–Trinajstić information content (AvgIpc) is 3.03. The molecule has 142 valence electrons. The quantitative estimate of drug-likeness (QED) is 0.416. The number of hydrogen-bond donors (Lipinski definition) is 3. The van der Waals surface area contributed by atoms with Crippen LogP contribution in [0, 0.1) is 11.3 Å². The van der Waals surface area contributed by atoms with Crippen LogP contribution < -0.4 is 11.5 Å². The molecule has 0 amide bonds. The van der Waals surface area contributed by atoms with Gasteiger partial charge in [0, 0.05) is 21.5 Å². The number of nitriles is 1. The first-order valence-electron chi connectivity index (χ1n) is 8.42. The second kappa shape index (κ2) is 7.09. The van der Waals surface area contributed by atoms with Crippen molar-refractivity contribution in [2.24, 2.45) is 0 Å². The number of pyridine rings is 1. The number of thiophene rings is 1. The summed E-state index contributed by atoms with van der Waals surface area (Å²) in [5, 5.41) is 20.3. The van der Waals surface area contributed by atoms with Gasteiger partial charge in [-0.15, -0.1) is 11.3 Å². The lowest BCUT2D eigenvalue weighted by atomic mass is 9.96. The Balaban J connectivity index is 2.00. The van der Waals surface area contributed by atoms with E-state index in [1.165, 1.54) is 12.1 Å². The van der Waals surface area contributed by atoms with E-state index in [-0.39, 0.29) is 28.6 Å². The normalized spacial score (nSPS) is 10.8. The Morgan fingerprint density at radius 3 is 2.38 bits per heavy atom. The minimum absolute atomic E-state index is 0.0508. The van der Waals surface area contributed by atoms with Crippen molar-refractivity contribution >= 4 is 50.4 Å². The van der Waals surface area contributed by atoms with E-state index in [9.17, 15) is 15.2 Å². The van der Waals surface area contributed by atoms with Gasteiger partial charge >= 0.3 is 0 Å². The molecule has 0 radical (unpaired) electrons. The minimum atomic E-state index is -0.268. The highest BCUT2D eigenvalue weighted by molar-refractivity contribution is 7.21. The molecular weight excluding hydrogens is 408 g/mol. The van der Waals surface area contributed by atoms with Crippen LogP contribution in [-0.4, -0.2) is 15.9 Å². The summed E-state index contributed by atoms with van der Waals surface area (Å²) in [7, 11) is 0. The Kier molecular flexibility index (Phi) is 4.59. The van der Waals surface area contributed by atoms with Crippen LogP contribution in [0.4, 0.5) is 11.5 Å². The fourth-order valence-corrected chi connectivity index (χ4v) is 4.30. The van der Waals surface area contributed by atoms with Gasteiger partial charge < -0.3 is 16.6 Å². The summed E-state index contributed by atoms with van der Waals surface area (Å²) >= 11 is 7.02. The summed E-state index contributed by atoms with van der Waals surface area (Å²) in [6.45, 7) is 0. The maximum Gasteiger partial charge on any atom is 0.205 e. The van der Waals surface area contributed by atoms with Crippen LogP contribution >= 0.6 is 22.9 Å². The molecule has 2 aromatic carbocycles. The van der Waals surface area contributed by atoms with Crippen molar-refractivity contribution in [2.75, 3.05) is 11.5 Å². The molecule has 5 N–H and O–H groups in total. The molecule has 0 aliphatic rings. The van der Waals surface area contributed by atoms with E-state index in [4.69, 9.17) is 23.1 Å². The topological polar surface area (TPSA) is 126 Å². The number of anilines is 2. The van der Waals surface area contributed by atoms with Crippen molar-refractivity contribution in [1.82, 2.24) is 4.98 Å². The van der Waals surface area contributed by atoms with Crippen LogP contribution in [0.2, 0.25) is 5.02 Å². The smallest absolute Gasteiger partial charge is 0.205 e. The van der Waals surface area contributed by atoms with Crippen LogP contribution in [0.5, 0.6) is 5.75 Å². The van der Waals surface area contributed by atoms with E-state index in [0.717, 1.165) is 11.3 Å². The van der Waals surface area contributed by atoms with Gasteiger partial charge in [0.05, 0.1) is 5.69 Å². The maximum absolute atomic E-state index is 13.0. The first kappa shape index (κ1) is 18.7. The van der Waals surface area contributed by atoms with Gasteiger partial charge in [0.15, 0.2) is 0 Å². The largest absolute Gasteiger partial charge is 0.508 e. The molecule has 6 nitrogen and oxygen atoms in total. The first-order valence-corrected chi connectivity index (χ1v) is 9.61. The Bertz CT molecular complexity index is 1310. The molecule has 0 saturated heterocycles. The highest BCUT2D eigenvalue weighted by Gasteiger charge is 2.24. The molecule has 29 heavy (non-hydrogen) atoms. The third kappa shape index (κ3) is 3.14. The predicted octanol–water partition coefficient (Wildman–Crippen LogP) is 4.59. The molecule has 8 heteroatoms. The molecule has 2 aromatic heterocycles. The highest BCUT2D eigenvalue weighted by atomic mass is 35.5. The lowest BCUT2D eigenvalue weighted by Crippen LogP contribution is -2.02. The Hall–Kier alpha value is -3.60. The molecular formula is C21H13ClN4O2S. The number of phenols is 1. The lowest BCUT2D eigenvalue weighted by molar-refractivity contribution is 0.104. The minimum Gasteiger partial charge on any atom is -0.508 e. The third-order valence-electron chi connectivity index (χ3n) is 4.49. The van der Waals surface area contributed by atoms with E-state index in [1.54, 1.807) is 36.4 Å². The number of halogens is 1. The Morgan fingerprint density at radius 2 is 1.76 bits per heavy atom. The maximum atomic E-state index is 13.0. The number of aromatic hydroxyl groups is 1. The molecule has 4 aromatic rings. The van der Waals surface area contributed by atoms with Crippen molar-refractivity contribution in [3.8, 4) is 22.9 Å². The van der Waals surface area contributed by atoms with Crippen molar-refractivity contribution in [1.29, 1.82) is 5.26 Å². The number of carbonyl (C=O) groups is 1. The fraction of sp³-hybridized carbons (Fsp3) is 0. The van der Waals surface area contributed by atoms with Crippen molar-refractivity contribution in [3.05, 3.63) is 69.6 Å². The van der Waals surface area contributed by atoms with E-state index >= 15 is 0 Å². The summed E-state index contributed by atoms with van der Waals surface area (Å²) in [6.07, 6.45) is 0. The number of rotatable bonds is 3. The van der Waals surface area contributed by atoms with Crippen LogP contribution in [0.1, 0.15) is 20.8 Å². The zero-order valence-electron chi connectivity index (χ0n) is 14.8. The third-order valence-corrected chi connectivity index (χ3v) is 5.84. The van der Waals surface area contributed by atoms with Gasteiger partial charge in [-0.3, -0.25) is 4.79 Å². The number of nitrogens with two attached hydrogens (primary N) is 2. The Labute approximate surface area is 174 Å². The zero-order chi connectivity index (χ0) is 20.7. The number of benzene rings is 2. The van der Waals surface area contributed by atoms with Gasteiger partial charge in [-0.05, 0) is 42.0 Å². The molecule has 2 heterocycles. The molecule has 0 fully saturated rings. The van der Waals surface area contributed by atoms with Gasteiger partial charge in [-0.1, -0.05) is 23.7 Å². The van der Waals surface area contributed by atoms with Crippen LogP contribution in [0.25, 0.3) is 21.3 Å². The summed E-state index contributed by atoms with van der Waals surface area (Å²) in [5.74, 6) is -0.131. The number of carbonyl (C=O) groups excluding carboxylic acids is 1. The fourth-order valence-electron chi connectivity index (χ4n) is 3.10. The summed E-state index contributed by atoms with van der Waals surface area (Å²) < 4.78 is 0. The average molecular weight is 421 g/mol. The lowest BCUT2D eigenvalue weighted by Gasteiger charge is -2.09. The molecule has 0 aliphatic carbocycles. The van der Waals surface area contributed by atoms with E-state index in [0.29, 0.717) is 36.8 Å². The molecule has 0 spiro atoms. The number of nitrogen functional groups attached to an aromatic ring is 2. The number of phenolic OH excluding ortho intramolecular Hbond substituents is 1. The van der Waals surface area contributed by atoms with Gasteiger partial charge in [-0.2, -0.15) is 5.26 Å². The van der Waals surface area contributed by atoms with Crippen LogP contribution in [-0.2, 0) is 0 Å². The van der Waals surface area contributed by atoms with Gasteiger partial charge in [0.1, 0.15) is 32.9 Å². The second-order valence-electron chi connectivity index (χ2n) is 6.27. The van der Waals surface area contributed by atoms with E-state index in [2.05, 4.69) is 11.1 Å².